The topological polar surface area (TPSA) is 110 Å². The highest BCUT2D eigenvalue weighted by Gasteiger charge is 2.31. The van der Waals surface area contributed by atoms with Crippen LogP contribution in [0.25, 0.3) is 11.3 Å². The number of aromatic nitrogens is 2. The highest BCUT2D eigenvalue weighted by molar-refractivity contribution is 7.92. The SMILES string of the molecule is CS(=O)(=O)Nc1ccc(-c2csc(NC(=O)Cn3cc(C(F)(F)F)ccc3=O)n2)cc1. The molecule has 0 aliphatic rings. The summed E-state index contributed by atoms with van der Waals surface area (Å²) in [5, 5.41) is 4.28. The average molecular weight is 472 g/mol. The van der Waals surface area contributed by atoms with Gasteiger partial charge in [0.2, 0.25) is 15.9 Å². The van der Waals surface area contributed by atoms with Gasteiger partial charge in [0.05, 0.1) is 17.5 Å². The number of alkyl halides is 3. The minimum atomic E-state index is -4.64. The second-order valence-electron chi connectivity index (χ2n) is 6.42. The molecule has 2 heterocycles. The van der Waals surface area contributed by atoms with E-state index in [0.29, 0.717) is 33.8 Å². The van der Waals surface area contributed by atoms with Crippen molar-refractivity contribution >= 4 is 38.1 Å². The highest BCUT2D eigenvalue weighted by atomic mass is 32.2. The minimum absolute atomic E-state index is 0.193. The standard InChI is InChI=1S/C18H15F3N4O4S2/c1-31(28,29)24-13-5-2-11(3-6-13)14-10-30-17(22-14)23-15(26)9-25-8-12(18(19,20)21)4-7-16(25)27/h2-8,10,24H,9H2,1H3,(H,22,23,26). The summed E-state index contributed by atoms with van der Waals surface area (Å²) in [6.07, 6.45) is -3.02. The van der Waals surface area contributed by atoms with Gasteiger partial charge in [0, 0.05) is 28.9 Å². The summed E-state index contributed by atoms with van der Waals surface area (Å²) in [5.74, 6) is -0.713. The van der Waals surface area contributed by atoms with Crippen molar-refractivity contribution in [3.8, 4) is 11.3 Å². The third-order valence-electron chi connectivity index (χ3n) is 3.86. The van der Waals surface area contributed by atoms with E-state index >= 15 is 0 Å². The largest absolute Gasteiger partial charge is 0.417 e. The number of hydrogen-bond acceptors (Lipinski definition) is 6. The average Bonchev–Trinajstić information content (AvgIpc) is 3.10. The summed E-state index contributed by atoms with van der Waals surface area (Å²) in [5.41, 5.74) is -0.245. The molecule has 0 saturated carbocycles. The molecule has 0 unspecified atom stereocenters. The Hall–Kier alpha value is -3.19. The summed E-state index contributed by atoms with van der Waals surface area (Å²) in [6.45, 7) is -0.608. The quantitative estimate of drug-likeness (QED) is 0.573. The van der Waals surface area contributed by atoms with Gasteiger partial charge < -0.3 is 9.88 Å². The maximum Gasteiger partial charge on any atom is 0.417 e. The Balaban J connectivity index is 1.69. The van der Waals surface area contributed by atoms with Gasteiger partial charge in [-0.05, 0) is 18.2 Å². The van der Waals surface area contributed by atoms with E-state index in [-0.39, 0.29) is 5.13 Å². The predicted molar refractivity (Wildman–Crippen MR) is 110 cm³/mol. The molecule has 8 nitrogen and oxygen atoms in total. The van der Waals surface area contributed by atoms with E-state index in [2.05, 4.69) is 15.0 Å². The van der Waals surface area contributed by atoms with Crippen LogP contribution < -0.4 is 15.6 Å². The van der Waals surface area contributed by atoms with Crippen LogP contribution in [0.2, 0.25) is 0 Å². The van der Waals surface area contributed by atoms with Gasteiger partial charge in [0.25, 0.3) is 5.56 Å². The Kier molecular flexibility index (Phi) is 6.18. The molecule has 164 valence electrons. The number of rotatable bonds is 6. The lowest BCUT2D eigenvalue weighted by atomic mass is 10.1. The molecule has 1 amide bonds. The number of thiazole rings is 1. The van der Waals surface area contributed by atoms with Crippen LogP contribution in [0.3, 0.4) is 0 Å². The van der Waals surface area contributed by atoms with Crippen molar-refractivity contribution in [2.45, 2.75) is 12.7 Å². The van der Waals surface area contributed by atoms with Crippen LogP contribution in [0.4, 0.5) is 24.0 Å². The van der Waals surface area contributed by atoms with Gasteiger partial charge in [0.1, 0.15) is 6.54 Å². The number of halogens is 3. The zero-order chi connectivity index (χ0) is 22.8. The highest BCUT2D eigenvalue weighted by Crippen LogP contribution is 2.28. The Labute approximate surface area is 178 Å². The van der Waals surface area contributed by atoms with E-state index in [0.717, 1.165) is 23.7 Å². The molecule has 1 aromatic carbocycles. The zero-order valence-corrected chi connectivity index (χ0v) is 17.4. The minimum Gasteiger partial charge on any atom is -0.305 e. The lowest BCUT2D eigenvalue weighted by molar-refractivity contribution is -0.138. The molecule has 2 aromatic heterocycles. The van der Waals surface area contributed by atoms with Gasteiger partial charge in [-0.25, -0.2) is 13.4 Å². The summed E-state index contributed by atoms with van der Waals surface area (Å²) >= 11 is 1.09. The molecular formula is C18H15F3N4O4S2. The summed E-state index contributed by atoms with van der Waals surface area (Å²) in [7, 11) is -3.40. The van der Waals surface area contributed by atoms with Gasteiger partial charge in [0.15, 0.2) is 5.13 Å². The first-order valence-electron chi connectivity index (χ1n) is 8.52. The van der Waals surface area contributed by atoms with E-state index in [1.54, 1.807) is 29.6 Å². The fourth-order valence-corrected chi connectivity index (χ4v) is 3.82. The molecule has 0 bridgehead atoms. The Morgan fingerprint density at radius 3 is 2.45 bits per heavy atom. The van der Waals surface area contributed by atoms with Crippen LogP contribution in [-0.4, -0.2) is 30.1 Å². The number of nitrogens with zero attached hydrogens (tertiary/aromatic N) is 2. The van der Waals surface area contributed by atoms with E-state index < -0.39 is 39.8 Å². The van der Waals surface area contributed by atoms with Gasteiger partial charge in [-0.3, -0.25) is 14.3 Å². The number of sulfonamides is 1. The first-order valence-corrected chi connectivity index (χ1v) is 11.3. The molecule has 31 heavy (non-hydrogen) atoms. The first kappa shape index (κ1) is 22.5. The fourth-order valence-electron chi connectivity index (χ4n) is 2.52. The van der Waals surface area contributed by atoms with Crippen LogP contribution in [0, 0.1) is 0 Å². The monoisotopic (exact) mass is 472 g/mol. The summed E-state index contributed by atoms with van der Waals surface area (Å²) in [4.78, 5) is 28.1. The molecule has 0 atom stereocenters. The van der Waals surface area contributed by atoms with Crippen LogP contribution in [0.5, 0.6) is 0 Å². The number of amides is 1. The number of nitrogens with one attached hydrogen (secondary N) is 2. The third-order valence-corrected chi connectivity index (χ3v) is 5.22. The number of carbonyl (C=O) groups excluding carboxylic acids is 1. The summed E-state index contributed by atoms with van der Waals surface area (Å²) < 4.78 is 63.9. The smallest absolute Gasteiger partial charge is 0.305 e. The van der Waals surface area contributed by atoms with Crippen LogP contribution in [-0.2, 0) is 27.5 Å². The lowest BCUT2D eigenvalue weighted by Gasteiger charge is -2.10. The molecule has 13 heteroatoms. The van der Waals surface area contributed by atoms with Gasteiger partial charge in [-0.15, -0.1) is 11.3 Å². The van der Waals surface area contributed by atoms with Crippen molar-refractivity contribution in [1.29, 1.82) is 0 Å². The molecule has 0 saturated heterocycles. The van der Waals surface area contributed by atoms with Crippen molar-refractivity contribution in [1.82, 2.24) is 9.55 Å². The second kappa shape index (κ2) is 8.51. The Morgan fingerprint density at radius 2 is 1.84 bits per heavy atom. The number of carbonyl (C=O) groups is 1. The number of anilines is 2. The van der Waals surface area contributed by atoms with Crippen LogP contribution >= 0.6 is 11.3 Å². The van der Waals surface area contributed by atoms with Crippen molar-refractivity contribution in [3.05, 3.63) is 63.9 Å². The lowest BCUT2D eigenvalue weighted by Crippen LogP contribution is -2.28. The second-order valence-corrected chi connectivity index (χ2v) is 9.03. The molecule has 0 spiro atoms. The first-order chi connectivity index (χ1) is 14.4. The number of hydrogen-bond donors (Lipinski definition) is 2. The molecule has 0 aliphatic carbocycles. The molecule has 0 fully saturated rings. The van der Waals surface area contributed by atoms with Crippen molar-refractivity contribution in [3.63, 3.8) is 0 Å². The van der Waals surface area contributed by atoms with E-state index in [4.69, 9.17) is 0 Å². The molecule has 3 rings (SSSR count). The summed E-state index contributed by atoms with van der Waals surface area (Å²) in [6, 6.07) is 7.77. The maximum atomic E-state index is 12.8. The van der Waals surface area contributed by atoms with Crippen molar-refractivity contribution < 1.29 is 26.4 Å². The molecule has 3 aromatic rings. The van der Waals surface area contributed by atoms with Gasteiger partial charge in [-0.2, -0.15) is 13.2 Å². The molecule has 0 radical (unpaired) electrons. The van der Waals surface area contributed by atoms with E-state index in [9.17, 15) is 31.2 Å². The maximum absolute atomic E-state index is 12.8. The fraction of sp³-hybridized carbons (Fsp3) is 0.167. The van der Waals surface area contributed by atoms with Crippen LogP contribution in [0.15, 0.2) is 52.8 Å². The number of benzene rings is 1. The molecule has 2 N–H and O–H groups in total. The van der Waals surface area contributed by atoms with Crippen LogP contribution in [0.1, 0.15) is 5.56 Å². The third kappa shape index (κ3) is 6.15. The zero-order valence-electron chi connectivity index (χ0n) is 15.8. The molecule has 0 aliphatic heterocycles. The van der Waals surface area contributed by atoms with E-state index in [1.807, 2.05) is 0 Å². The Morgan fingerprint density at radius 1 is 1.16 bits per heavy atom. The number of pyridine rings is 1. The Bertz CT molecular complexity index is 1270. The van der Waals surface area contributed by atoms with E-state index in [1.165, 1.54) is 0 Å². The van der Waals surface area contributed by atoms with Crippen molar-refractivity contribution in [2.75, 3.05) is 16.3 Å². The van der Waals surface area contributed by atoms with Crippen molar-refractivity contribution in [2.24, 2.45) is 0 Å². The predicted octanol–water partition coefficient (Wildman–Crippen LogP) is 3.00. The van der Waals surface area contributed by atoms with Gasteiger partial charge >= 0.3 is 6.18 Å². The van der Waals surface area contributed by atoms with Gasteiger partial charge in [-0.1, -0.05) is 12.1 Å². The normalized spacial score (nSPS) is 11.9. The molecular weight excluding hydrogens is 457 g/mol.